The number of halogens is 3. The number of carbonyl (C=O) groups is 1. The zero-order valence-electron chi connectivity index (χ0n) is 18.4. The van der Waals surface area contributed by atoms with Gasteiger partial charge in [-0.05, 0) is 43.5 Å². The van der Waals surface area contributed by atoms with E-state index in [-0.39, 0.29) is 19.0 Å². The zero-order chi connectivity index (χ0) is 23.7. The lowest BCUT2D eigenvalue weighted by Crippen LogP contribution is -2.43. The molecule has 178 valence electrons. The highest BCUT2D eigenvalue weighted by molar-refractivity contribution is 5.90. The van der Waals surface area contributed by atoms with Gasteiger partial charge in [0.2, 0.25) is 0 Å². The second kappa shape index (κ2) is 9.09. The quantitative estimate of drug-likeness (QED) is 0.593. The molecule has 1 unspecified atom stereocenters. The number of hydrogen-bond acceptors (Lipinski definition) is 4. The summed E-state index contributed by atoms with van der Waals surface area (Å²) in [6.07, 6.45) is -0.0606. The van der Waals surface area contributed by atoms with Crippen LogP contribution in [0.1, 0.15) is 29.3 Å². The summed E-state index contributed by atoms with van der Waals surface area (Å²) in [5.74, 6) is 0.259. The summed E-state index contributed by atoms with van der Waals surface area (Å²) in [6, 6.07) is 13.9. The predicted octanol–water partition coefficient (Wildman–Crippen LogP) is 3.91. The lowest BCUT2D eigenvalue weighted by molar-refractivity contribution is -0.143. The summed E-state index contributed by atoms with van der Waals surface area (Å²) >= 11 is 0. The first kappa shape index (κ1) is 22.4. The number of nitrogens with one attached hydrogen (secondary N) is 2. The topological polar surface area (TPSA) is 75.1 Å². The van der Waals surface area contributed by atoms with Gasteiger partial charge < -0.3 is 5.32 Å². The van der Waals surface area contributed by atoms with E-state index in [1.165, 1.54) is 4.90 Å². The molecule has 10 heteroatoms. The molecule has 1 aromatic carbocycles. The number of likely N-dealkylation sites (tertiary alicyclic amines) is 1. The van der Waals surface area contributed by atoms with Gasteiger partial charge in [0.1, 0.15) is 5.82 Å². The molecule has 0 spiro atoms. The molecule has 2 atom stereocenters. The molecule has 2 N–H and O–H groups in total. The molecule has 7 nitrogen and oxygen atoms in total. The molecule has 2 aliphatic rings. The molecular formula is C24H25F3N6O. The third kappa shape index (κ3) is 4.77. The minimum atomic E-state index is -4.31. The molecular weight excluding hydrogens is 445 g/mol. The first-order valence-electron chi connectivity index (χ1n) is 11.3. The Labute approximate surface area is 195 Å². The number of nitrogens with zero attached hydrogens (tertiary/aromatic N) is 4. The van der Waals surface area contributed by atoms with Crippen molar-refractivity contribution < 1.29 is 18.0 Å². The number of para-hydroxylation sites is 1. The van der Waals surface area contributed by atoms with E-state index in [0.717, 1.165) is 36.2 Å². The Bertz CT molecular complexity index is 1150. The van der Waals surface area contributed by atoms with E-state index in [0.29, 0.717) is 11.5 Å². The Morgan fingerprint density at radius 1 is 1.06 bits per heavy atom. The van der Waals surface area contributed by atoms with Crippen molar-refractivity contribution >= 4 is 11.8 Å². The number of aryl methyl sites for hydroxylation is 1. The number of benzene rings is 1. The van der Waals surface area contributed by atoms with Gasteiger partial charge in [0.25, 0.3) is 0 Å². The third-order valence-corrected chi connectivity index (χ3v) is 6.32. The Morgan fingerprint density at radius 3 is 2.59 bits per heavy atom. The van der Waals surface area contributed by atoms with Crippen molar-refractivity contribution in [2.24, 2.45) is 0 Å². The van der Waals surface area contributed by atoms with E-state index in [1.54, 1.807) is 29.1 Å². The van der Waals surface area contributed by atoms with Gasteiger partial charge in [0, 0.05) is 36.5 Å². The fourth-order valence-corrected chi connectivity index (χ4v) is 4.90. The van der Waals surface area contributed by atoms with Crippen LogP contribution in [0.15, 0.2) is 54.7 Å². The van der Waals surface area contributed by atoms with E-state index in [4.69, 9.17) is 5.10 Å². The van der Waals surface area contributed by atoms with Crippen LogP contribution in [0.4, 0.5) is 23.8 Å². The van der Waals surface area contributed by atoms with Crippen LogP contribution in [-0.2, 0) is 12.8 Å². The van der Waals surface area contributed by atoms with E-state index in [9.17, 15) is 18.0 Å². The predicted molar refractivity (Wildman–Crippen MR) is 121 cm³/mol. The lowest BCUT2D eigenvalue weighted by atomic mass is 9.99. The van der Waals surface area contributed by atoms with Crippen LogP contribution in [0.25, 0.3) is 5.69 Å². The maximum absolute atomic E-state index is 13.1. The molecule has 0 radical (unpaired) electrons. The van der Waals surface area contributed by atoms with Crippen molar-refractivity contribution in [3.05, 3.63) is 71.7 Å². The molecule has 3 heterocycles. The number of pyridine rings is 1. The van der Waals surface area contributed by atoms with Crippen molar-refractivity contribution in [3.8, 4) is 5.69 Å². The van der Waals surface area contributed by atoms with Crippen LogP contribution >= 0.6 is 0 Å². The fraction of sp³-hybridized carbons (Fsp3) is 0.375. The van der Waals surface area contributed by atoms with E-state index >= 15 is 0 Å². The van der Waals surface area contributed by atoms with Gasteiger partial charge in [0.05, 0.1) is 24.0 Å². The summed E-state index contributed by atoms with van der Waals surface area (Å²) in [4.78, 5) is 18.7. The Kier molecular flexibility index (Phi) is 5.99. The SMILES string of the molecule is O=C(Nc1c2c(nn1-c1ccccc1)CCC2)NC1CN(CC(F)(F)F)C[C@H]1c1ccccn1. The van der Waals surface area contributed by atoms with Crippen LogP contribution in [0.2, 0.25) is 0 Å². The first-order chi connectivity index (χ1) is 16.4. The number of hydrogen-bond donors (Lipinski definition) is 2. The smallest absolute Gasteiger partial charge is 0.333 e. The Balaban J connectivity index is 1.36. The van der Waals surface area contributed by atoms with Gasteiger partial charge in [-0.15, -0.1) is 0 Å². The average molecular weight is 470 g/mol. The molecule has 2 amide bonds. The van der Waals surface area contributed by atoms with Crippen LogP contribution in [0, 0.1) is 0 Å². The summed E-state index contributed by atoms with van der Waals surface area (Å²) in [6.45, 7) is -0.770. The molecule has 5 rings (SSSR count). The second-order valence-electron chi connectivity index (χ2n) is 8.75. The van der Waals surface area contributed by atoms with Crippen molar-refractivity contribution in [2.45, 2.75) is 37.4 Å². The average Bonchev–Trinajstić information content (AvgIpc) is 3.50. The third-order valence-electron chi connectivity index (χ3n) is 6.32. The highest BCUT2D eigenvalue weighted by Gasteiger charge is 2.41. The van der Waals surface area contributed by atoms with Crippen molar-refractivity contribution in [1.82, 2.24) is 25.0 Å². The number of amides is 2. The van der Waals surface area contributed by atoms with Crippen LogP contribution in [0.3, 0.4) is 0 Å². The summed E-state index contributed by atoms with van der Waals surface area (Å²) in [5, 5.41) is 10.5. The largest absolute Gasteiger partial charge is 0.401 e. The van der Waals surface area contributed by atoms with Crippen molar-refractivity contribution in [1.29, 1.82) is 0 Å². The van der Waals surface area contributed by atoms with Gasteiger partial charge in [0.15, 0.2) is 0 Å². The monoisotopic (exact) mass is 470 g/mol. The molecule has 34 heavy (non-hydrogen) atoms. The standard InChI is InChI=1S/C24H25F3N6O/c25-24(26,27)15-32-13-18(19-10-4-5-12-28-19)21(14-32)29-23(34)30-22-17-9-6-11-20(17)31-33(22)16-7-2-1-3-8-16/h1-5,7-8,10,12,18,21H,6,9,11,13-15H2,(H2,29,30,34)/t18-,21?/m0/s1. The van der Waals surface area contributed by atoms with Gasteiger partial charge in [-0.1, -0.05) is 24.3 Å². The van der Waals surface area contributed by atoms with Crippen molar-refractivity contribution in [2.75, 3.05) is 25.0 Å². The molecule has 1 saturated heterocycles. The molecule has 0 bridgehead atoms. The van der Waals surface area contributed by atoms with Crippen molar-refractivity contribution in [3.63, 3.8) is 0 Å². The molecule has 1 aliphatic heterocycles. The fourth-order valence-electron chi connectivity index (χ4n) is 4.90. The second-order valence-corrected chi connectivity index (χ2v) is 8.75. The maximum Gasteiger partial charge on any atom is 0.401 e. The maximum atomic E-state index is 13.1. The Morgan fingerprint density at radius 2 is 1.85 bits per heavy atom. The minimum Gasteiger partial charge on any atom is -0.333 e. The summed E-state index contributed by atoms with van der Waals surface area (Å²) in [7, 11) is 0. The minimum absolute atomic E-state index is 0.0875. The lowest BCUT2D eigenvalue weighted by Gasteiger charge is -2.20. The Hall–Kier alpha value is -3.40. The van der Waals surface area contributed by atoms with Gasteiger partial charge in [-0.2, -0.15) is 18.3 Å². The van der Waals surface area contributed by atoms with Crippen LogP contribution in [0.5, 0.6) is 0 Å². The number of urea groups is 1. The molecule has 0 saturated carbocycles. The first-order valence-corrected chi connectivity index (χ1v) is 11.3. The zero-order valence-corrected chi connectivity index (χ0v) is 18.4. The van der Waals surface area contributed by atoms with Crippen LogP contribution < -0.4 is 10.6 Å². The number of carbonyl (C=O) groups excluding carboxylic acids is 1. The number of alkyl halides is 3. The summed E-state index contributed by atoms with van der Waals surface area (Å²) in [5.41, 5.74) is 3.46. The van der Waals surface area contributed by atoms with E-state index in [2.05, 4.69) is 15.6 Å². The summed E-state index contributed by atoms with van der Waals surface area (Å²) < 4.78 is 40.9. The van der Waals surface area contributed by atoms with E-state index < -0.39 is 24.8 Å². The molecule has 1 fully saturated rings. The van der Waals surface area contributed by atoms with Gasteiger partial charge >= 0.3 is 12.2 Å². The highest BCUT2D eigenvalue weighted by atomic mass is 19.4. The normalized spacial score (nSPS) is 20.3. The highest BCUT2D eigenvalue weighted by Crippen LogP contribution is 2.32. The number of aromatic nitrogens is 3. The molecule has 1 aliphatic carbocycles. The van der Waals surface area contributed by atoms with Gasteiger partial charge in [-0.25, -0.2) is 9.48 Å². The van der Waals surface area contributed by atoms with Crippen LogP contribution in [-0.4, -0.2) is 57.5 Å². The molecule has 3 aromatic rings. The van der Waals surface area contributed by atoms with Gasteiger partial charge in [-0.3, -0.25) is 15.2 Å². The molecule has 2 aromatic heterocycles. The van der Waals surface area contributed by atoms with E-state index in [1.807, 2.05) is 30.3 Å². The number of fused-ring (bicyclic) bond motifs is 1. The number of anilines is 1. The number of rotatable bonds is 5.